The minimum Gasteiger partial charge on any atom is -0.394 e. The molecule has 0 radical (unpaired) electrons. The van der Waals surface area contributed by atoms with E-state index >= 15 is 0 Å². The van der Waals surface area contributed by atoms with E-state index in [1.54, 1.807) is 17.0 Å². The second-order valence-electron chi connectivity index (χ2n) is 7.61. The van der Waals surface area contributed by atoms with Crippen molar-refractivity contribution in [3.8, 4) is 17.9 Å². The SMILES string of the molecule is N#C[C@@H]1[C@@H](c2ccc(C#Cc3cccc(F)c3)cc2)[C@H](CO)N1C(=O)C1CCC1. The van der Waals surface area contributed by atoms with Gasteiger partial charge in [-0.1, -0.05) is 36.5 Å². The van der Waals surface area contributed by atoms with Crippen LogP contribution < -0.4 is 0 Å². The molecular weight excluding hydrogens is 367 g/mol. The number of hydrogen-bond donors (Lipinski definition) is 1. The topological polar surface area (TPSA) is 64.3 Å². The van der Waals surface area contributed by atoms with Crippen molar-refractivity contribution in [3.05, 3.63) is 71.0 Å². The Bertz CT molecular complexity index is 1010. The van der Waals surface area contributed by atoms with Crippen LogP contribution in [-0.4, -0.2) is 34.6 Å². The smallest absolute Gasteiger partial charge is 0.227 e. The van der Waals surface area contributed by atoms with E-state index in [0.717, 1.165) is 30.4 Å². The summed E-state index contributed by atoms with van der Waals surface area (Å²) in [5.74, 6) is 5.40. The van der Waals surface area contributed by atoms with Gasteiger partial charge in [-0.25, -0.2) is 4.39 Å². The lowest BCUT2D eigenvalue weighted by molar-refractivity contribution is -0.154. The van der Waals surface area contributed by atoms with Crippen LogP contribution >= 0.6 is 0 Å². The number of halogens is 1. The second kappa shape index (κ2) is 8.07. The highest BCUT2D eigenvalue weighted by Crippen LogP contribution is 2.43. The molecule has 1 N–H and O–H groups in total. The summed E-state index contributed by atoms with van der Waals surface area (Å²) in [5.41, 5.74) is 2.28. The van der Waals surface area contributed by atoms with Crippen LogP contribution in [0, 0.1) is 34.9 Å². The average Bonchev–Trinajstić information content (AvgIpc) is 2.66. The number of likely N-dealkylation sites (tertiary alicyclic amines) is 1. The fraction of sp³-hybridized carbons (Fsp3) is 0.333. The van der Waals surface area contributed by atoms with Gasteiger partial charge >= 0.3 is 0 Å². The number of aliphatic hydroxyl groups excluding tert-OH is 1. The molecule has 1 aliphatic carbocycles. The lowest BCUT2D eigenvalue weighted by Crippen LogP contribution is -2.66. The first-order chi connectivity index (χ1) is 14.1. The van der Waals surface area contributed by atoms with Crippen LogP contribution in [0.15, 0.2) is 48.5 Å². The Hall–Kier alpha value is -3.15. The molecule has 2 aromatic carbocycles. The second-order valence-corrected chi connectivity index (χ2v) is 7.61. The zero-order chi connectivity index (χ0) is 20.4. The van der Waals surface area contributed by atoms with Crippen LogP contribution in [0.4, 0.5) is 4.39 Å². The van der Waals surface area contributed by atoms with Gasteiger partial charge in [-0.3, -0.25) is 4.79 Å². The highest BCUT2D eigenvalue weighted by Gasteiger charge is 2.53. The number of nitrogens with zero attached hydrogens (tertiary/aromatic N) is 2. The predicted molar refractivity (Wildman–Crippen MR) is 106 cm³/mol. The third-order valence-electron chi connectivity index (χ3n) is 5.91. The van der Waals surface area contributed by atoms with Crippen molar-refractivity contribution in [3.63, 3.8) is 0 Å². The maximum absolute atomic E-state index is 13.2. The molecule has 0 bridgehead atoms. The largest absolute Gasteiger partial charge is 0.394 e. The minimum atomic E-state index is -0.551. The van der Waals surface area contributed by atoms with Crippen molar-refractivity contribution in [2.45, 2.75) is 37.3 Å². The Labute approximate surface area is 169 Å². The standard InChI is InChI=1S/C24H21FN2O2/c25-20-6-1-3-17(13-20)8-7-16-9-11-18(12-10-16)23-21(14-26)27(22(23)15-28)24(29)19-4-2-5-19/h1,3,6,9-13,19,21-23,28H,2,4-5,15H2/t21-,22+,23-/m1/s1. The Morgan fingerprint density at radius 1 is 1.14 bits per heavy atom. The quantitative estimate of drug-likeness (QED) is 0.822. The van der Waals surface area contributed by atoms with Crippen LogP contribution in [-0.2, 0) is 4.79 Å². The molecule has 4 nitrogen and oxygen atoms in total. The molecule has 2 fully saturated rings. The lowest BCUT2D eigenvalue weighted by Gasteiger charge is -2.53. The van der Waals surface area contributed by atoms with Crippen molar-refractivity contribution < 1.29 is 14.3 Å². The summed E-state index contributed by atoms with van der Waals surface area (Å²) >= 11 is 0. The maximum atomic E-state index is 13.2. The number of carbonyl (C=O) groups excluding carboxylic acids is 1. The molecule has 2 aromatic rings. The van der Waals surface area contributed by atoms with Gasteiger partial charge in [-0.2, -0.15) is 5.26 Å². The minimum absolute atomic E-state index is 0.00123. The normalized spacial score (nSPS) is 23.2. The van der Waals surface area contributed by atoms with Crippen molar-refractivity contribution in [2.24, 2.45) is 5.92 Å². The maximum Gasteiger partial charge on any atom is 0.227 e. The molecule has 4 rings (SSSR count). The molecular formula is C24H21FN2O2. The summed E-state index contributed by atoms with van der Waals surface area (Å²) in [6, 6.07) is 14.9. The van der Waals surface area contributed by atoms with Crippen LogP contribution in [0.5, 0.6) is 0 Å². The predicted octanol–water partition coefficient (Wildman–Crippen LogP) is 3.20. The number of aliphatic hydroxyl groups is 1. The molecule has 0 aromatic heterocycles. The van der Waals surface area contributed by atoms with Crippen molar-refractivity contribution in [2.75, 3.05) is 6.61 Å². The van der Waals surface area contributed by atoms with Crippen LogP contribution in [0.1, 0.15) is 41.9 Å². The number of rotatable bonds is 3. The van der Waals surface area contributed by atoms with Gasteiger partial charge in [0, 0.05) is 23.0 Å². The summed E-state index contributed by atoms with van der Waals surface area (Å²) in [5, 5.41) is 19.5. The highest BCUT2D eigenvalue weighted by atomic mass is 19.1. The third kappa shape index (κ3) is 3.62. The van der Waals surface area contributed by atoms with Gasteiger partial charge in [0.25, 0.3) is 0 Å². The molecule has 3 atom stereocenters. The molecule has 2 aliphatic rings. The molecule has 1 aliphatic heterocycles. The summed E-state index contributed by atoms with van der Waals surface area (Å²) in [4.78, 5) is 14.2. The first-order valence-electron chi connectivity index (χ1n) is 9.82. The van der Waals surface area contributed by atoms with Gasteiger partial charge in [0.1, 0.15) is 11.9 Å². The van der Waals surface area contributed by atoms with Gasteiger partial charge < -0.3 is 10.0 Å². The fourth-order valence-electron chi connectivity index (χ4n) is 4.08. The number of nitriles is 1. The van der Waals surface area contributed by atoms with Crippen LogP contribution in [0.2, 0.25) is 0 Å². The van der Waals surface area contributed by atoms with E-state index in [9.17, 15) is 19.6 Å². The summed E-state index contributed by atoms with van der Waals surface area (Å²) in [7, 11) is 0. The van der Waals surface area contributed by atoms with Crippen LogP contribution in [0.3, 0.4) is 0 Å². The van der Waals surface area contributed by atoms with Gasteiger partial charge in [-0.15, -0.1) is 0 Å². The Kier molecular flexibility index (Phi) is 5.34. The third-order valence-corrected chi connectivity index (χ3v) is 5.91. The van der Waals surface area contributed by atoms with Gasteiger partial charge in [0.05, 0.1) is 18.7 Å². The molecule has 1 amide bonds. The zero-order valence-electron chi connectivity index (χ0n) is 15.9. The van der Waals surface area contributed by atoms with Gasteiger partial charge in [0.2, 0.25) is 5.91 Å². The van der Waals surface area contributed by atoms with Crippen LogP contribution in [0.25, 0.3) is 0 Å². The highest BCUT2D eigenvalue weighted by molar-refractivity contribution is 5.82. The van der Waals surface area contributed by atoms with Gasteiger partial charge in [-0.05, 0) is 48.7 Å². The van der Waals surface area contributed by atoms with E-state index in [1.807, 2.05) is 24.3 Å². The molecule has 29 heavy (non-hydrogen) atoms. The molecule has 1 saturated heterocycles. The molecule has 0 unspecified atom stereocenters. The zero-order valence-corrected chi connectivity index (χ0v) is 15.9. The summed E-state index contributed by atoms with van der Waals surface area (Å²) in [6.45, 7) is -0.164. The van der Waals surface area contributed by atoms with Crippen molar-refractivity contribution in [1.82, 2.24) is 4.90 Å². The first kappa shape index (κ1) is 19.2. The molecule has 0 spiro atoms. The van der Waals surface area contributed by atoms with E-state index in [4.69, 9.17) is 0 Å². The first-order valence-corrected chi connectivity index (χ1v) is 9.82. The monoisotopic (exact) mass is 388 g/mol. The van der Waals surface area contributed by atoms with Gasteiger partial charge in [0.15, 0.2) is 0 Å². The van der Waals surface area contributed by atoms with Crippen molar-refractivity contribution in [1.29, 1.82) is 5.26 Å². The summed E-state index contributed by atoms with van der Waals surface area (Å²) < 4.78 is 13.2. The Balaban J connectivity index is 1.51. The molecule has 5 heteroatoms. The summed E-state index contributed by atoms with van der Waals surface area (Å²) in [6.07, 6.45) is 2.79. The average molecular weight is 388 g/mol. The van der Waals surface area contributed by atoms with E-state index in [-0.39, 0.29) is 36.2 Å². The number of benzene rings is 2. The number of carbonyl (C=O) groups is 1. The van der Waals surface area contributed by atoms with E-state index in [0.29, 0.717) is 5.56 Å². The lowest BCUT2D eigenvalue weighted by atomic mass is 9.73. The van der Waals surface area contributed by atoms with E-state index in [2.05, 4.69) is 17.9 Å². The molecule has 146 valence electrons. The Morgan fingerprint density at radius 2 is 1.86 bits per heavy atom. The Morgan fingerprint density at radius 3 is 2.45 bits per heavy atom. The van der Waals surface area contributed by atoms with E-state index < -0.39 is 6.04 Å². The number of amides is 1. The molecule has 1 saturated carbocycles. The fourth-order valence-corrected chi connectivity index (χ4v) is 4.08. The molecule has 1 heterocycles. The van der Waals surface area contributed by atoms with Crippen molar-refractivity contribution >= 4 is 5.91 Å². The number of hydrogen-bond acceptors (Lipinski definition) is 3. The van der Waals surface area contributed by atoms with E-state index in [1.165, 1.54) is 12.1 Å².